The molecule has 182 valence electrons. The first kappa shape index (κ1) is 26.8. The maximum absolute atomic E-state index is 6.09. The van der Waals surface area contributed by atoms with Crippen LogP contribution >= 0.6 is 24.0 Å². The zero-order valence-electron chi connectivity index (χ0n) is 19.7. The number of guanidine groups is 1. The van der Waals surface area contributed by atoms with Crippen LogP contribution in [-0.2, 0) is 15.9 Å². The summed E-state index contributed by atoms with van der Waals surface area (Å²) in [5.41, 5.74) is 1.01. The van der Waals surface area contributed by atoms with Crippen LogP contribution in [0.2, 0.25) is 0 Å². The van der Waals surface area contributed by atoms with E-state index in [0.29, 0.717) is 18.0 Å². The van der Waals surface area contributed by atoms with Gasteiger partial charge in [-0.15, -0.1) is 24.0 Å². The zero-order valence-corrected chi connectivity index (χ0v) is 22.1. The highest BCUT2D eigenvalue weighted by atomic mass is 127. The van der Waals surface area contributed by atoms with E-state index in [1.165, 1.54) is 0 Å². The maximum atomic E-state index is 6.09. The lowest BCUT2D eigenvalue weighted by molar-refractivity contribution is -0.0367. The van der Waals surface area contributed by atoms with Crippen molar-refractivity contribution in [1.29, 1.82) is 0 Å². The molecule has 0 saturated carbocycles. The number of aliphatic imine (C=N–C) groups is 1. The van der Waals surface area contributed by atoms with Crippen LogP contribution in [0, 0.1) is 0 Å². The van der Waals surface area contributed by atoms with Crippen molar-refractivity contribution in [3.8, 4) is 17.2 Å². The molecule has 9 heteroatoms. The lowest BCUT2D eigenvalue weighted by Gasteiger charge is -2.34. The molecule has 1 unspecified atom stereocenters. The summed E-state index contributed by atoms with van der Waals surface area (Å²) < 4.78 is 28.2. The SMILES string of the molecule is CN=C(NCCc1c(OC)cc(OC)cc1OC)N1CCC(OCC2CCCO2)CC1.I. The molecule has 0 spiro atoms. The Morgan fingerprint density at radius 2 is 1.78 bits per heavy atom. The Kier molecular flexibility index (Phi) is 11.7. The summed E-state index contributed by atoms with van der Waals surface area (Å²) in [5, 5.41) is 3.48. The summed E-state index contributed by atoms with van der Waals surface area (Å²) in [7, 11) is 6.79. The fraction of sp³-hybridized carbons (Fsp3) is 0.696. The van der Waals surface area contributed by atoms with Crippen LogP contribution in [0.5, 0.6) is 17.2 Å². The van der Waals surface area contributed by atoms with Crippen molar-refractivity contribution in [2.24, 2.45) is 4.99 Å². The molecule has 0 amide bonds. The number of benzene rings is 1. The van der Waals surface area contributed by atoms with E-state index in [9.17, 15) is 0 Å². The Hall–Kier alpha value is -1.46. The van der Waals surface area contributed by atoms with Gasteiger partial charge in [-0.1, -0.05) is 0 Å². The van der Waals surface area contributed by atoms with Crippen LogP contribution < -0.4 is 19.5 Å². The predicted octanol–water partition coefficient (Wildman–Crippen LogP) is 3.11. The van der Waals surface area contributed by atoms with Gasteiger partial charge < -0.3 is 33.9 Å². The minimum atomic E-state index is 0. The summed E-state index contributed by atoms with van der Waals surface area (Å²) in [5.74, 6) is 3.16. The Bertz CT molecular complexity index is 695. The molecule has 2 saturated heterocycles. The summed E-state index contributed by atoms with van der Waals surface area (Å²) in [4.78, 5) is 6.78. The summed E-state index contributed by atoms with van der Waals surface area (Å²) in [6.07, 6.45) is 5.64. The molecular weight excluding hydrogens is 525 g/mol. The first-order valence-electron chi connectivity index (χ1n) is 11.2. The fourth-order valence-electron chi connectivity index (χ4n) is 4.21. The normalized spacial score (nSPS) is 19.4. The quantitative estimate of drug-likeness (QED) is 0.281. The van der Waals surface area contributed by atoms with E-state index in [-0.39, 0.29) is 24.0 Å². The van der Waals surface area contributed by atoms with E-state index in [4.69, 9.17) is 23.7 Å². The van der Waals surface area contributed by atoms with E-state index in [1.807, 2.05) is 19.2 Å². The number of rotatable bonds is 9. The molecule has 1 atom stereocenters. The van der Waals surface area contributed by atoms with Crippen molar-refractivity contribution in [3.05, 3.63) is 17.7 Å². The van der Waals surface area contributed by atoms with Crippen LogP contribution in [0.15, 0.2) is 17.1 Å². The molecule has 0 aliphatic carbocycles. The minimum Gasteiger partial charge on any atom is -0.496 e. The number of piperidine rings is 1. The Labute approximate surface area is 209 Å². The first-order chi connectivity index (χ1) is 15.2. The third-order valence-corrected chi connectivity index (χ3v) is 5.97. The van der Waals surface area contributed by atoms with Gasteiger partial charge in [0.1, 0.15) is 17.2 Å². The highest BCUT2D eigenvalue weighted by molar-refractivity contribution is 14.0. The second-order valence-corrected chi connectivity index (χ2v) is 7.89. The van der Waals surface area contributed by atoms with E-state index in [2.05, 4.69) is 15.2 Å². The van der Waals surface area contributed by atoms with Crippen molar-refractivity contribution in [2.75, 3.05) is 61.2 Å². The molecular formula is C23H38IN3O5. The number of hydrogen-bond donors (Lipinski definition) is 1. The topological polar surface area (TPSA) is 73.8 Å². The number of nitrogens with zero attached hydrogens (tertiary/aromatic N) is 2. The molecule has 1 aromatic carbocycles. The average molecular weight is 563 g/mol. The smallest absolute Gasteiger partial charge is 0.193 e. The van der Waals surface area contributed by atoms with Gasteiger partial charge in [-0.3, -0.25) is 4.99 Å². The molecule has 0 aromatic heterocycles. The average Bonchev–Trinajstić information content (AvgIpc) is 3.34. The standard InChI is InChI=1S/C23H37N3O5.HI/c1-24-23(26-11-8-17(9-12-26)31-16-18-6-5-13-30-18)25-10-7-20-21(28-3)14-19(27-2)15-22(20)29-4;/h14-15,17-18H,5-13,16H2,1-4H3,(H,24,25);1H. The maximum Gasteiger partial charge on any atom is 0.193 e. The van der Waals surface area contributed by atoms with E-state index in [1.54, 1.807) is 21.3 Å². The number of halogens is 1. The molecule has 1 aromatic rings. The van der Waals surface area contributed by atoms with Gasteiger partial charge in [0.05, 0.1) is 40.1 Å². The zero-order chi connectivity index (χ0) is 22.1. The highest BCUT2D eigenvalue weighted by Crippen LogP contribution is 2.34. The van der Waals surface area contributed by atoms with Crippen molar-refractivity contribution in [1.82, 2.24) is 10.2 Å². The van der Waals surface area contributed by atoms with Gasteiger partial charge in [-0.2, -0.15) is 0 Å². The van der Waals surface area contributed by atoms with Crippen LogP contribution in [-0.4, -0.2) is 84.3 Å². The van der Waals surface area contributed by atoms with Crippen molar-refractivity contribution < 1.29 is 23.7 Å². The largest absolute Gasteiger partial charge is 0.496 e. The monoisotopic (exact) mass is 563 g/mol. The molecule has 1 N–H and O–H groups in total. The Morgan fingerprint density at radius 3 is 2.31 bits per heavy atom. The number of hydrogen-bond acceptors (Lipinski definition) is 6. The van der Waals surface area contributed by atoms with Crippen LogP contribution in [0.3, 0.4) is 0 Å². The van der Waals surface area contributed by atoms with E-state index >= 15 is 0 Å². The van der Waals surface area contributed by atoms with Gasteiger partial charge in [0.2, 0.25) is 0 Å². The van der Waals surface area contributed by atoms with E-state index < -0.39 is 0 Å². The van der Waals surface area contributed by atoms with Crippen molar-refractivity contribution in [2.45, 2.75) is 44.3 Å². The summed E-state index contributed by atoms with van der Waals surface area (Å²) >= 11 is 0. The first-order valence-corrected chi connectivity index (χ1v) is 11.2. The molecule has 3 rings (SSSR count). The van der Waals surface area contributed by atoms with Gasteiger partial charge in [-0.05, 0) is 32.1 Å². The van der Waals surface area contributed by atoms with Crippen LogP contribution in [0.1, 0.15) is 31.2 Å². The molecule has 2 aliphatic heterocycles. The second-order valence-electron chi connectivity index (χ2n) is 7.89. The third-order valence-electron chi connectivity index (χ3n) is 5.97. The number of likely N-dealkylation sites (tertiary alicyclic amines) is 1. The van der Waals surface area contributed by atoms with Gasteiger partial charge >= 0.3 is 0 Å². The van der Waals surface area contributed by atoms with Crippen molar-refractivity contribution >= 4 is 29.9 Å². The lowest BCUT2D eigenvalue weighted by atomic mass is 10.1. The number of nitrogens with one attached hydrogen (secondary N) is 1. The molecule has 8 nitrogen and oxygen atoms in total. The van der Waals surface area contributed by atoms with Gasteiger partial charge in [0, 0.05) is 51.0 Å². The molecule has 0 radical (unpaired) electrons. The Balaban J connectivity index is 0.00000363. The van der Waals surface area contributed by atoms with Gasteiger partial charge in [-0.25, -0.2) is 0 Å². The lowest BCUT2D eigenvalue weighted by Crippen LogP contribution is -2.47. The van der Waals surface area contributed by atoms with Crippen LogP contribution in [0.4, 0.5) is 0 Å². The number of methoxy groups -OCH3 is 3. The number of ether oxygens (including phenoxy) is 5. The van der Waals surface area contributed by atoms with Crippen molar-refractivity contribution in [3.63, 3.8) is 0 Å². The summed E-state index contributed by atoms with van der Waals surface area (Å²) in [6.45, 7) is 4.20. The van der Waals surface area contributed by atoms with Crippen LogP contribution in [0.25, 0.3) is 0 Å². The molecule has 2 heterocycles. The molecule has 2 aliphatic rings. The second kappa shape index (κ2) is 13.9. The third kappa shape index (κ3) is 7.28. The summed E-state index contributed by atoms with van der Waals surface area (Å²) in [6, 6.07) is 3.77. The molecule has 0 bridgehead atoms. The van der Waals surface area contributed by atoms with E-state index in [0.717, 1.165) is 88.0 Å². The molecule has 2 fully saturated rings. The Morgan fingerprint density at radius 1 is 1.09 bits per heavy atom. The van der Waals surface area contributed by atoms with Gasteiger partial charge in [0.15, 0.2) is 5.96 Å². The highest BCUT2D eigenvalue weighted by Gasteiger charge is 2.24. The molecule has 32 heavy (non-hydrogen) atoms. The minimum absolute atomic E-state index is 0. The van der Waals surface area contributed by atoms with Gasteiger partial charge in [0.25, 0.3) is 0 Å². The fourth-order valence-corrected chi connectivity index (χ4v) is 4.21. The predicted molar refractivity (Wildman–Crippen MR) is 136 cm³/mol.